The lowest BCUT2D eigenvalue weighted by Crippen LogP contribution is -2.44. The van der Waals surface area contributed by atoms with Gasteiger partial charge in [-0.15, -0.1) is 12.4 Å². The number of nitrogens with one attached hydrogen (secondary N) is 1. The highest BCUT2D eigenvalue weighted by molar-refractivity contribution is 5.97. The molecule has 3 rings (SSSR count). The van der Waals surface area contributed by atoms with Crippen molar-refractivity contribution in [2.45, 2.75) is 38.1 Å². The number of fused-ring (bicyclic) bond motifs is 1. The fourth-order valence-corrected chi connectivity index (χ4v) is 3.10. The molecule has 1 unspecified atom stereocenters. The predicted molar refractivity (Wildman–Crippen MR) is 92.7 cm³/mol. The van der Waals surface area contributed by atoms with Crippen LogP contribution in [0.5, 0.6) is 0 Å². The minimum Gasteiger partial charge on any atom is -0.352 e. The summed E-state index contributed by atoms with van der Waals surface area (Å²) in [6, 6.07) is 8.02. The summed E-state index contributed by atoms with van der Waals surface area (Å²) in [6.45, 7) is 0.922. The molecule has 6 heteroatoms. The first-order chi connectivity index (χ1) is 10.7. The molecule has 1 saturated carbocycles. The highest BCUT2D eigenvalue weighted by Gasteiger charge is 2.31. The lowest BCUT2D eigenvalue weighted by molar-refractivity contribution is -0.122. The van der Waals surface area contributed by atoms with E-state index in [1.165, 1.54) is 5.56 Å². The maximum Gasteiger partial charge on any atom is 0.227 e. The molecule has 0 bridgehead atoms. The third-order valence-electron chi connectivity index (χ3n) is 4.55. The SMILES string of the molecule is Cl.NCC(NC(=O)CCN1C(=O)CCc2ccccc21)C1CC1. The third kappa shape index (κ3) is 4.24. The lowest BCUT2D eigenvalue weighted by atomic mass is 10.0. The molecule has 2 aliphatic rings. The van der Waals surface area contributed by atoms with Gasteiger partial charge in [0.15, 0.2) is 0 Å². The van der Waals surface area contributed by atoms with E-state index in [1.54, 1.807) is 4.90 Å². The van der Waals surface area contributed by atoms with Crippen LogP contribution in [0.4, 0.5) is 5.69 Å². The Labute approximate surface area is 143 Å². The molecule has 126 valence electrons. The molecular weight excluding hydrogens is 314 g/mol. The molecule has 2 amide bonds. The summed E-state index contributed by atoms with van der Waals surface area (Å²) in [5.41, 5.74) is 7.84. The minimum absolute atomic E-state index is 0. The van der Waals surface area contributed by atoms with Gasteiger partial charge in [0.05, 0.1) is 0 Å². The second kappa shape index (κ2) is 7.79. The number of halogens is 1. The van der Waals surface area contributed by atoms with Gasteiger partial charge in [-0.05, 0) is 36.8 Å². The number of amides is 2. The fraction of sp³-hybridized carbons (Fsp3) is 0.529. The average molecular weight is 338 g/mol. The first-order valence-corrected chi connectivity index (χ1v) is 8.06. The summed E-state index contributed by atoms with van der Waals surface area (Å²) in [5, 5.41) is 3.01. The standard InChI is InChI=1S/C17H23N3O2.ClH/c18-11-14(12-5-6-12)19-16(21)9-10-20-15-4-2-1-3-13(15)7-8-17(20)22;/h1-4,12,14H,5-11,18H2,(H,19,21);1H. The number of para-hydroxylation sites is 1. The zero-order valence-electron chi connectivity index (χ0n) is 13.2. The summed E-state index contributed by atoms with van der Waals surface area (Å²) in [4.78, 5) is 26.0. The molecule has 1 aliphatic heterocycles. The summed E-state index contributed by atoms with van der Waals surface area (Å²) in [5.74, 6) is 0.633. The van der Waals surface area contributed by atoms with E-state index in [-0.39, 0.29) is 30.3 Å². The van der Waals surface area contributed by atoms with Crippen LogP contribution in [0.1, 0.15) is 31.2 Å². The van der Waals surface area contributed by atoms with Crippen LogP contribution in [0.25, 0.3) is 0 Å². The van der Waals surface area contributed by atoms with Gasteiger partial charge in [-0.3, -0.25) is 9.59 Å². The Balaban J connectivity index is 0.00000192. The third-order valence-corrected chi connectivity index (χ3v) is 4.55. The first kappa shape index (κ1) is 17.8. The van der Waals surface area contributed by atoms with Crippen molar-refractivity contribution in [3.05, 3.63) is 29.8 Å². The number of carbonyl (C=O) groups is 2. The second-order valence-corrected chi connectivity index (χ2v) is 6.17. The van der Waals surface area contributed by atoms with Gasteiger partial charge in [-0.2, -0.15) is 0 Å². The molecule has 3 N–H and O–H groups in total. The average Bonchev–Trinajstić information content (AvgIpc) is 3.36. The normalized spacial score (nSPS) is 18.0. The van der Waals surface area contributed by atoms with Crippen molar-refractivity contribution in [1.82, 2.24) is 5.32 Å². The number of carbonyl (C=O) groups excluding carboxylic acids is 2. The van der Waals surface area contributed by atoms with E-state index in [0.717, 1.165) is 24.9 Å². The summed E-state index contributed by atoms with van der Waals surface area (Å²) < 4.78 is 0. The maximum atomic E-state index is 12.1. The van der Waals surface area contributed by atoms with Gasteiger partial charge in [-0.1, -0.05) is 18.2 Å². The number of nitrogens with zero attached hydrogens (tertiary/aromatic N) is 1. The summed E-state index contributed by atoms with van der Waals surface area (Å²) >= 11 is 0. The van der Waals surface area contributed by atoms with Crippen molar-refractivity contribution < 1.29 is 9.59 Å². The van der Waals surface area contributed by atoms with Crippen molar-refractivity contribution in [1.29, 1.82) is 0 Å². The molecule has 1 aromatic rings. The van der Waals surface area contributed by atoms with Crippen LogP contribution in [-0.4, -0.2) is 30.9 Å². The molecule has 1 fully saturated rings. The van der Waals surface area contributed by atoms with E-state index < -0.39 is 0 Å². The molecule has 1 aliphatic carbocycles. The van der Waals surface area contributed by atoms with Gasteiger partial charge in [0.1, 0.15) is 0 Å². The first-order valence-electron chi connectivity index (χ1n) is 8.06. The Morgan fingerprint density at radius 1 is 1.30 bits per heavy atom. The molecule has 0 spiro atoms. The lowest BCUT2D eigenvalue weighted by Gasteiger charge is -2.29. The maximum absolute atomic E-state index is 12.1. The number of hydrogen-bond acceptors (Lipinski definition) is 3. The van der Waals surface area contributed by atoms with Gasteiger partial charge < -0.3 is 16.0 Å². The highest BCUT2D eigenvalue weighted by atomic mass is 35.5. The monoisotopic (exact) mass is 337 g/mol. The minimum atomic E-state index is -0.0156. The van der Waals surface area contributed by atoms with Gasteiger partial charge in [0.25, 0.3) is 0 Å². The summed E-state index contributed by atoms with van der Waals surface area (Å²) in [6.07, 6.45) is 3.93. The van der Waals surface area contributed by atoms with Gasteiger partial charge >= 0.3 is 0 Å². The molecule has 0 radical (unpaired) electrons. The molecular formula is C17H24ClN3O2. The topological polar surface area (TPSA) is 75.4 Å². The van der Waals surface area contributed by atoms with E-state index in [0.29, 0.717) is 31.8 Å². The Bertz CT molecular complexity index is 575. The Hall–Kier alpha value is -1.59. The van der Waals surface area contributed by atoms with Gasteiger partial charge in [0.2, 0.25) is 11.8 Å². The second-order valence-electron chi connectivity index (χ2n) is 6.17. The van der Waals surface area contributed by atoms with Crippen molar-refractivity contribution in [2.75, 3.05) is 18.0 Å². The molecule has 1 aromatic carbocycles. The predicted octanol–water partition coefficient (Wildman–Crippen LogP) is 1.63. The molecule has 0 saturated heterocycles. The van der Waals surface area contributed by atoms with E-state index in [1.807, 2.05) is 24.3 Å². The van der Waals surface area contributed by atoms with E-state index >= 15 is 0 Å². The Kier molecular flexibility index (Phi) is 6.02. The van der Waals surface area contributed by atoms with Crippen molar-refractivity contribution in [3.63, 3.8) is 0 Å². The van der Waals surface area contributed by atoms with Crippen molar-refractivity contribution in [2.24, 2.45) is 11.7 Å². The number of benzene rings is 1. The van der Waals surface area contributed by atoms with E-state index in [2.05, 4.69) is 5.32 Å². The van der Waals surface area contributed by atoms with Crippen LogP contribution in [0, 0.1) is 5.92 Å². The molecule has 5 nitrogen and oxygen atoms in total. The van der Waals surface area contributed by atoms with Crippen LogP contribution in [0.3, 0.4) is 0 Å². The number of aryl methyl sites for hydroxylation is 1. The number of anilines is 1. The Morgan fingerprint density at radius 3 is 2.74 bits per heavy atom. The molecule has 0 aromatic heterocycles. The van der Waals surface area contributed by atoms with Crippen LogP contribution >= 0.6 is 12.4 Å². The van der Waals surface area contributed by atoms with Crippen molar-refractivity contribution in [3.8, 4) is 0 Å². The Morgan fingerprint density at radius 2 is 2.04 bits per heavy atom. The molecule has 1 heterocycles. The van der Waals surface area contributed by atoms with Gasteiger partial charge in [-0.25, -0.2) is 0 Å². The quantitative estimate of drug-likeness (QED) is 0.828. The molecule has 1 atom stereocenters. The van der Waals surface area contributed by atoms with E-state index in [4.69, 9.17) is 5.73 Å². The largest absolute Gasteiger partial charge is 0.352 e. The van der Waals surface area contributed by atoms with Crippen LogP contribution < -0.4 is 16.0 Å². The number of hydrogen-bond donors (Lipinski definition) is 2. The fourth-order valence-electron chi connectivity index (χ4n) is 3.10. The zero-order valence-corrected chi connectivity index (χ0v) is 14.0. The van der Waals surface area contributed by atoms with Crippen LogP contribution in [0.2, 0.25) is 0 Å². The van der Waals surface area contributed by atoms with E-state index in [9.17, 15) is 9.59 Å². The van der Waals surface area contributed by atoms with Crippen molar-refractivity contribution >= 4 is 29.9 Å². The summed E-state index contributed by atoms with van der Waals surface area (Å²) in [7, 11) is 0. The smallest absolute Gasteiger partial charge is 0.227 e. The molecule has 23 heavy (non-hydrogen) atoms. The van der Waals surface area contributed by atoms with Crippen LogP contribution in [0.15, 0.2) is 24.3 Å². The number of rotatable bonds is 6. The number of nitrogens with two attached hydrogens (primary N) is 1. The highest BCUT2D eigenvalue weighted by Crippen LogP contribution is 2.32. The van der Waals surface area contributed by atoms with Crippen LogP contribution in [-0.2, 0) is 16.0 Å². The zero-order chi connectivity index (χ0) is 15.5. The van der Waals surface area contributed by atoms with Gasteiger partial charge in [0, 0.05) is 37.7 Å².